The molecule has 0 unspecified atom stereocenters. The molecule has 0 aliphatic heterocycles. The van der Waals surface area contributed by atoms with E-state index in [-0.39, 0.29) is 0 Å². The molecule has 27 heavy (non-hydrogen) atoms. The molecule has 0 spiro atoms. The van der Waals surface area contributed by atoms with E-state index in [1.807, 2.05) is 65.5 Å². The Morgan fingerprint density at radius 3 is 2.63 bits per heavy atom. The first-order valence-corrected chi connectivity index (χ1v) is 9.46. The molecule has 0 amide bonds. The van der Waals surface area contributed by atoms with Gasteiger partial charge in [0.15, 0.2) is 5.11 Å². The molecule has 5 nitrogen and oxygen atoms in total. The SMILES string of the molecule is C=CCNC(=S)N/N=C/c1cn(-c2ccccc2)nc1-c1ccc(Br)cc1. The number of hydrazone groups is 1. The Morgan fingerprint density at radius 1 is 1.19 bits per heavy atom. The van der Waals surface area contributed by atoms with E-state index in [0.717, 1.165) is 27.0 Å². The van der Waals surface area contributed by atoms with Gasteiger partial charge in [-0.05, 0) is 36.5 Å². The molecule has 2 aromatic carbocycles. The molecule has 0 radical (unpaired) electrons. The van der Waals surface area contributed by atoms with Crippen molar-refractivity contribution in [3.05, 3.63) is 83.5 Å². The maximum atomic E-state index is 5.15. The van der Waals surface area contributed by atoms with Crippen LogP contribution in [0.1, 0.15) is 5.56 Å². The number of halogens is 1. The van der Waals surface area contributed by atoms with Gasteiger partial charge in [-0.25, -0.2) is 4.68 Å². The highest BCUT2D eigenvalue weighted by Gasteiger charge is 2.11. The fourth-order valence-corrected chi connectivity index (χ4v) is 2.79. The van der Waals surface area contributed by atoms with Gasteiger partial charge in [0.05, 0.1) is 11.9 Å². The number of benzene rings is 2. The quantitative estimate of drug-likeness (QED) is 0.260. The summed E-state index contributed by atoms with van der Waals surface area (Å²) < 4.78 is 2.86. The molecule has 0 aliphatic rings. The van der Waals surface area contributed by atoms with Crippen molar-refractivity contribution in [2.45, 2.75) is 0 Å². The van der Waals surface area contributed by atoms with Crippen LogP contribution in [-0.2, 0) is 0 Å². The van der Waals surface area contributed by atoms with E-state index < -0.39 is 0 Å². The number of nitrogens with zero attached hydrogens (tertiary/aromatic N) is 3. The second-order valence-electron chi connectivity index (χ2n) is 5.59. The Balaban J connectivity index is 1.90. The van der Waals surface area contributed by atoms with Crippen molar-refractivity contribution in [3.8, 4) is 16.9 Å². The van der Waals surface area contributed by atoms with Crippen molar-refractivity contribution < 1.29 is 0 Å². The fourth-order valence-electron chi connectivity index (χ4n) is 2.39. The highest BCUT2D eigenvalue weighted by molar-refractivity contribution is 9.10. The van der Waals surface area contributed by atoms with Crippen LogP contribution in [0.25, 0.3) is 16.9 Å². The largest absolute Gasteiger partial charge is 0.358 e. The molecular weight excluding hydrogens is 422 g/mol. The standard InChI is InChI=1S/C20H18BrN5S/c1-2-12-22-20(27)24-23-13-16-14-26(18-6-4-3-5-7-18)25-19(16)15-8-10-17(21)11-9-15/h2-11,13-14H,1,12H2,(H2,22,24,27)/b23-13+. The van der Waals surface area contributed by atoms with Crippen LogP contribution < -0.4 is 10.7 Å². The molecule has 136 valence electrons. The van der Waals surface area contributed by atoms with E-state index in [1.165, 1.54) is 0 Å². The monoisotopic (exact) mass is 439 g/mol. The number of hydrogen-bond donors (Lipinski definition) is 2. The van der Waals surface area contributed by atoms with E-state index in [9.17, 15) is 0 Å². The van der Waals surface area contributed by atoms with E-state index in [1.54, 1.807) is 12.3 Å². The molecule has 7 heteroatoms. The van der Waals surface area contributed by atoms with Gasteiger partial charge >= 0.3 is 0 Å². The van der Waals surface area contributed by atoms with Crippen LogP contribution in [0.15, 0.2) is 83.0 Å². The average molecular weight is 440 g/mol. The van der Waals surface area contributed by atoms with E-state index in [0.29, 0.717) is 11.7 Å². The molecular formula is C20H18BrN5S. The molecule has 0 bridgehead atoms. The van der Waals surface area contributed by atoms with Gasteiger partial charge in [0.1, 0.15) is 5.69 Å². The van der Waals surface area contributed by atoms with Crippen LogP contribution in [0.4, 0.5) is 0 Å². The number of nitrogens with one attached hydrogen (secondary N) is 2. The molecule has 3 rings (SSSR count). The fraction of sp³-hybridized carbons (Fsp3) is 0.0500. The Morgan fingerprint density at radius 2 is 1.93 bits per heavy atom. The van der Waals surface area contributed by atoms with Gasteiger partial charge in [-0.15, -0.1) is 6.58 Å². The third kappa shape index (κ3) is 5.12. The first kappa shape index (κ1) is 19.0. The number of para-hydroxylation sites is 1. The summed E-state index contributed by atoms with van der Waals surface area (Å²) in [5.41, 5.74) is 6.49. The Labute approximate surface area is 171 Å². The van der Waals surface area contributed by atoms with Crippen molar-refractivity contribution in [3.63, 3.8) is 0 Å². The third-order valence-electron chi connectivity index (χ3n) is 3.66. The molecule has 0 saturated carbocycles. The summed E-state index contributed by atoms with van der Waals surface area (Å²) in [5, 5.41) is 12.4. The highest BCUT2D eigenvalue weighted by Crippen LogP contribution is 2.24. The van der Waals surface area contributed by atoms with Gasteiger partial charge in [0, 0.05) is 28.3 Å². The molecule has 0 aliphatic carbocycles. The van der Waals surface area contributed by atoms with Crippen LogP contribution in [0.5, 0.6) is 0 Å². The highest BCUT2D eigenvalue weighted by atomic mass is 79.9. The van der Waals surface area contributed by atoms with Crippen LogP contribution >= 0.6 is 28.1 Å². The smallest absolute Gasteiger partial charge is 0.187 e. The molecule has 2 N–H and O–H groups in total. The molecule has 0 atom stereocenters. The van der Waals surface area contributed by atoms with E-state index in [4.69, 9.17) is 17.3 Å². The van der Waals surface area contributed by atoms with Crippen molar-refractivity contribution >= 4 is 39.5 Å². The second kappa shape index (κ2) is 9.25. The van der Waals surface area contributed by atoms with Gasteiger partial charge in [0.25, 0.3) is 0 Å². The van der Waals surface area contributed by atoms with Gasteiger partial charge < -0.3 is 5.32 Å². The van der Waals surface area contributed by atoms with Crippen molar-refractivity contribution in [2.24, 2.45) is 5.10 Å². The summed E-state index contributed by atoms with van der Waals surface area (Å²) in [4.78, 5) is 0. The number of aromatic nitrogens is 2. The average Bonchev–Trinajstić information content (AvgIpc) is 3.12. The zero-order chi connectivity index (χ0) is 19.1. The van der Waals surface area contributed by atoms with Crippen LogP contribution in [0.2, 0.25) is 0 Å². The lowest BCUT2D eigenvalue weighted by atomic mass is 10.1. The molecule has 3 aromatic rings. The summed E-state index contributed by atoms with van der Waals surface area (Å²) in [6.45, 7) is 4.22. The maximum absolute atomic E-state index is 5.15. The van der Waals surface area contributed by atoms with Gasteiger partial charge in [0.2, 0.25) is 0 Å². The predicted octanol–water partition coefficient (Wildman–Crippen LogP) is 4.29. The first-order valence-electron chi connectivity index (χ1n) is 8.26. The van der Waals surface area contributed by atoms with Crippen LogP contribution in [0, 0.1) is 0 Å². The minimum atomic E-state index is 0.437. The van der Waals surface area contributed by atoms with Crippen molar-refractivity contribution in [1.29, 1.82) is 0 Å². The first-order chi connectivity index (χ1) is 13.2. The topological polar surface area (TPSA) is 54.2 Å². The van der Waals surface area contributed by atoms with Crippen molar-refractivity contribution in [1.82, 2.24) is 20.5 Å². The number of thiocarbonyl (C=S) groups is 1. The van der Waals surface area contributed by atoms with Crippen LogP contribution in [0.3, 0.4) is 0 Å². The van der Waals surface area contributed by atoms with Gasteiger partial charge in [-0.1, -0.05) is 52.3 Å². The van der Waals surface area contributed by atoms with E-state index >= 15 is 0 Å². The lowest BCUT2D eigenvalue weighted by Crippen LogP contribution is -2.31. The summed E-state index contributed by atoms with van der Waals surface area (Å²) >= 11 is 8.61. The Kier molecular flexibility index (Phi) is 6.51. The normalized spacial score (nSPS) is 10.7. The zero-order valence-electron chi connectivity index (χ0n) is 14.5. The van der Waals surface area contributed by atoms with Crippen molar-refractivity contribution in [2.75, 3.05) is 6.54 Å². The van der Waals surface area contributed by atoms with Gasteiger partial charge in [-0.2, -0.15) is 10.2 Å². The summed E-state index contributed by atoms with van der Waals surface area (Å²) in [5.74, 6) is 0. The van der Waals surface area contributed by atoms with E-state index in [2.05, 4.69) is 38.4 Å². The Bertz CT molecular complexity index is 948. The zero-order valence-corrected chi connectivity index (χ0v) is 16.9. The summed E-state index contributed by atoms with van der Waals surface area (Å²) in [7, 11) is 0. The minimum absolute atomic E-state index is 0.437. The number of rotatable bonds is 6. The number of hydrogen-bond acceptors (Lipinski definition) is 3. The molecule has 0 fully saturated rings. The predicted molar refractivity (Wildman–Crippen MR) is 118 cm³/mol. The summed E-state index contributed by atoms with van der Waals surface area (Å²) in [6.07, 6.45) is 5.39. The molecule has 0 saturated heterocycles. The molecule has 1 aromatic heterocycles. The second-order valence-corrected chi connectivity index (χ2v) is 6.91. The van der Waals surface area contributed by atoms with Crippen LogP contribution in [-0.4, -0.2) is 27.7 Å². The third-order valence-corrected chi connectivity index (χ3v) is 4.42. The minimum Gasteiger partial charge on any atom is -0.358 e. The van der Waals surface area contributed by atoms with Gasteiger partial charge in [-0.3, -0.25) is 5.43 Å². The maximum Gasteiger partial charge on any atom is 0.187 e. The lowest BCUT2D eigenvalue weighted by Gasteiger charge is -2.03. The Hall–Kier alpha value is -2.77. The molecule has 1 heterocycles. The lowest BCUT2D eigenvalue weighted by molar-refractivity contribution is 0.884. The summed E-state index contributed by atoms with van der Waals surface area (Å²) in [6, 6.07) is 18.0.